The van der Waals surface area contributed by atoms with Gasteiger partial charge in [0.2, 0.25) is 0 Å². The molecule has 0 fully saturated rings. The van der Waals surface area contributed by atoms with Gasteiger partial charge in [-0.25, -0.2) is 13.6 Å². The number of nitrogens with zero attached hydrogens (tertiary/aromatic N) is 1. The van der Waals surface area contributed by atoms with E-state index in [1.807, 2.05) is 0 Å². The molecule has 1 aromatic carbocycles. The Balaban J connectivity index is 3.04. The van der Waals surface area contributed by atoms with E-state index in [1.165, 1.54) is 7.05 Å². The van der Waals surface area contributed by atoms with Crippen LogP contribution >= 0.6 is 0 Å². The third-order valence-electron chi connectivity index (χ3n) is 2.52. The van der Waals surface area contributed by atoms with E-state index in [-0.39, 0.29) is 16.5 Å². The van der Waals surface area contributed by atoms with Gasteiger partial charge in [-0.05, 0) is 6.07 Å². The number of aryl methyl sites for hydroxylation is 1. The van der Waals surface area contributed by atoms with Crippen LogP contribution in [-0.2, 0) is 7.05 Å². The summed E-state index contributed by atoms with van der Waals surface area (Å²) in [5.74, 6) is -3.65. The number of fused-ring (bicyclic) bond motifs is 1. The van der Waals surface area contributed by atoms with Gasteiger partial charge < -0.3 is 9.67 Å². The van der Waals surface area contributed by atoms with Gasteiger partial charge in [0.05, 0.1) is 11.1 Å². The first-order chi connectivity index (χ1) is 7.91. The van der Waals surface area contributed by atoms with E-state index in [2.05, 4.69) is 0 Å². The van der Waals surface area contributed by atoms with Gasteiger partial charge in [0.25, 0.3) is 5.56 Å². The molecule has 0 atom stereocenters. The van der Waals surface area contributed by atoms with Crippen LogP contribution in [0.1, 0.15) is 10.4 Å². The molecule has 2 aromatic rings. The number of halogens is 2. The molecule has 0 spiro atoms. The predicted octanol–water partition coefficient (Wildman–Crippen LogP) is 1.51. The second-order valence-electron chi connectivity index (χ2n) is 3.54. The Hall–Kier alpha value is -2.24. The summed E-state index contributed by atoms with van der Waals surface area (Å²) < 4.78 is 27.2. The molecule has 1 N–H and O–H groups in total. The molecule has 0 aliphatic rings. The quantitative estimate of drug-likeness (QED) is 0.820. The van der Waals surface area contributed by atoms with Crippen LogP contribution in [0.2, 0.25) is 0 Å². The highest BCUT2D eigenvalue weighted by Gasteiger charge is 2.15. The van der Waals surface area contributed by atoms with E-state index in [0.29, 0.717) is 0 Å². The number of pyridine rings is 1. The van der Waals surface area contributed by atoms with Crippen LogP contribution in [0.5, 0.6) is 0 Å². The standard InChI is InChI=1S/C11H7F2NO3/c1-14-9-4-8(13)7(12)2-5(9)6(11(16)17)3-10(14)15/h2-4H,1H3,(H,16,17). The Bertz CT molecular complexity index is 691. The molecule has 0 aliphatic heterocycles. The lowest BCUT2D eigenvalue weighted by Crippen LogP contribution is -2.19. The van der Waals surface area contributed by atoms with Crippen molar-refractivity contribution in [2.24, 2.45) is 7.05 Å². The van der Waals surface area contributed by atoms with Crippen molar-refractivity contribution in [2.75, 3.05) is 0 Å². The van der Waals surface area contributed by atoms with Crippen LogP contribution in [0.4, 0.5) is 8.78 Å². The molecule has 0 aliphatic carbocycles. The number of hydrogen-bond donors (Lipinski definition) is 1. The largest absolute Gasteiger partial charge is 0.478 e. The maximum atomic E-state index is 13.1. The molecule has 0 bridgehead atoms. The molecule has 17 heavy (non-hydrogen) atoms. The highest BCUT2D eigenvalue weighted by molar-refractivity contribution is 6.02. The molecule has 0 unspecified atom stereocenters. The topological polar surface area (TPSA) is 59.3 Å². The van der Waals surface area contributed by atoms with Gasteiger partial charge in [-0.3, -0.25) is 4.79 Å². The molecule has 88 valence electrons. The zero-order valence-electron chi connectivity index (χ0n) is 8.70. The van der Waals surface area contributed by atoms with Crippen LogP contribution in [-0.4, -0.2) is 15.6 Å². The van der Waals surface area contributed by atoms with E-state index in [4.69, 9.17) is 5.11 Å². The summed E-state index contributed by atoms with van der Waals surface area (Å²) in [7, 11) is 1.35. The first kappa shape index (κ1) is 11.3. The first-order valence-corrected chi connectivity index (χ1v) is 4.64. The van der Waals surface area contributed by atoms with Crippen molar-refractivity contribution in [3.63, 3.8) is 0 Å². The van der Waals surface area contributed by atoms with Gasteiger partial charge in [0.15, 0.2) is 11.6 Å². The van der Waals surface area contributed by atoms with E-state index in [0.717, 1.165) is 22.8 Å². The molecule has 1 heterocycles. The molecule has 0 radical (unpaired) electrons. The minimum absolute atomic E-state index is 0.0153. The van der Waals surface area contributed by atoms with E-state index >= 15 is 0 Å². The summed E-state index contributed by atoms with van der Waals surface area (Å²) in [5, 5.41) is 8.88. The summed E-state index contributed by atoms with van der Waals surface area (Å²) in [6.45, 7) is 0. The molecule has 1 aromatic heterocycles. The van der Waals surface area contributed by atoms with Crippen molar-refractivity contribution in [2.45, 2.75) is 0 Å². The van der Waals surface area contributed by atoms with Crippen LogP contribution in [0.3, 0.4) is 0 Å². The minimum Gasteiger partial charge on any atom is -0.478 e. The zero-order chi connectivity index (χ0) is 12.7. The van der Waals surface area contributed by atoms with Crippen LogP contribution in [0, 0.1) is 11.6 Å². The van der Waals surface area contributed by atoms with Gasteiger partial charge in [0.1, 0.15) is 0 Å². The van der Waals surface area contributed by atoms with Crippen molar-refractivity contribution in [1.29, 1.82) is 0 Å². The van der Waals surface area contributed by atoms with Crippen molar-refractivity contribution < 1.29 is 18.7 Å². The monoisotopic (exact) mass is 239 g/mol. The smallest absolute Gasteiger partial charge is 0.336 e. The summed E-state index contributed by atoms with van der Waals surface area (Å²) in [5.41, 5.74) is -0.906. The van der Waals surface area contributed by atoms with Crippen molar-refractivity contribution >= 4 is 16.9 Å². The Morgan fingerprint density at radius 2 is 1.82 bits per heavy atom. The van der Waals surface area contributed by atoms with Crippen LogP contribution in [0.25, 0.3) is 10.9 Å². The van der Waals surface area contributed by atoms with Gasteiger partial charge in [-0.1, -0.05) is 0 Å². The number of hydrogen-bond acceptors (Lipinski definition) is 2. The second-order valence-corrected chi connectivity index (χ2v) is 3.54. The van der Waals surface area contributed by atoms with Gasteiger partial charge in [-0.2, -0.15) is 0 Å². The third kappa shape index (κ3) is 1.67. The highest BCUT2D eigenvalue weighted by atomic mass is 19.2. The van der Waals surface area contributed by atoms with Gasteiger partial charge >= 0.3 is 5.97 Å². The number of carbonyl (C=O) groups is 1. The van der Waals surface area contributed by atoms with E-state index < -0.39 is 23.2 Å². The number of aromatic nitrogens is 1. The maximum absolute atomic E-state index is 13.1. The highest BCUT2D eigenvalue weighted by Crippen LogP contribution is 2.20. The predicted molar refractivity (Wildman–Crippen MR) is 56.1 cm³/mol. The molecular formula is C11H7F2NO3. The van der Waals surface area contributed by atoms with Gasteiger partial charge in [0, 0.05) is 24.6 Å². The third-order valence-corrected chi connectivity index (χ3v) is 2.52. The van der Waals surface area contributed by atoms with Crippen molar-refractivity contribution in [1.82, 2.24) is 4.57 Å². The van der Waals surface area contributed by atoms with Crippen LogP contribution < -0.4 is 5.56 Å². The van der Waals surface area contributed by atoms with E-state index in [1.54, 1.807) is 0 Å². The molecule has 6 heteroatoms. The number of rotatable bonds is 1. The number of aromatic carboxylic acids is 1. The molecule has 0 amide bonds. The average molecular weight is 239 g/mol. The second kappa shape index (κ2) is 3.65. The van der Waals surface area contributed by atoms with Crippen molar-refractivity contribution in [3.8, 4) is 0 Å². The summed E-state index contributed by atoms with van der Waals surface area (Å²) in [6.07, 6.45) is 0. The fourth-order valence-corrected chi connectivity index (χ4v) is 1.62. The van der Waals surface area contributed by atoms with Gasteiger partial charge in [-0.15, -0.1) is 0 Å². The maximum Gasteiger partial charge on any atom is 0.336 e. The average Bonchev–Trinajstić information content (AvgIpc) is 2.26. The lowest BCUT2D eigenvalue weighted by molar-refractivity contribution is 0.0698. The number of benzene rings is 1. The van der Waals surface area contributed by atoms with E-state index in [9.17, 15) is 18.4 Å². The minimum atomic E-state index is -1.36. The zero-order valence-corrected chi connectivity index (χ0v) is 8.70. The molecule has 0 saturated heterocycles. The number of carboxylic acids is 1. The van der Waals surface area contributed by atoms with Crippen LogP contribution in [0.15, 0.2) is 23.0 Å². The Labute approximate surface area is 93.7 Å². The summed E-state index contributed by atoms with van der Waals surface area (Å²) >= 11 is 0. The SMILES string of the molecule is Cn1c(=O)cc(C(=O)O)c2cc(F)c(F)cc21. The lowest BCUT2D eigenvalue weighted by Gasteiger charge is -2.07. The Kier molecular flexibility index (Phi) is 2.42. The molecule has 4 nitrogen and oxygen atoms in total. The first-order valence-electron chi connectivity index (χ1n) is 4.64. The summed E-state index contributed by atoms with van der Waals surface area (Å²) in [6, 6.07) is 2.45. The fraction of sp³-hybridized carbons (Fsp3) is 0.0909. The molecular weight excluding hydrogens is 232 g/mol. The Morgan fingerprint density at radius 3 is 2.41 bits per heavy atom. The summed E-state index contributed by atoms with van der Waals surface area (Å²) in [4.78, 5) is 22.3. The molecule has 0 saturated carbocycles. The Morgan fingerprint density at radius 1 is 1.24 bits per heavy atom. The normalized spacial score (nSPS) is 10.8. The number of carboxylic acid groups (broad SMARTS) is 1. The van der Waals surface area contributed by atoms with Crippen molar-refractivity contribution in [3.05, 3.63) is 45.8 Å². The fourth-order valence-electron chi connectivity index (χ4n) is 1.62. The lowest BCUT2D eigenvalue weighted by atomic mass is 10.1. The molecule has 2 rings (SSSR count).